The molecule has 0 aliphatic carbocycles. The molecule has 0 saturated carbocycles. The molecular weight excluding hydrogens is 583 g/mol. The molecule has 0 amide bonds. The summed E-state index contributed by atoms with van der Waals surface area (Å²) >= 11 is 2.33. The Morgan fingerprint density at radius 2 is 1.03 bits per heavy atom. The number of benzene rings is 5. The van der Waals surface area contributed by atoms with E-state index in [0.29, 0.717) is 0 Å². The molecule has 0 fully saturated rings. The monoisotopic (exact) mass is 606 g/mol. The molecule has 38 heavy (non-hydrogen) atoms. The molecule has 0 saturated heterocycles. The largest absolute Gasteiger partial charge is 0.457 e. The number of ether oxygens (including phenoxy) is 2. The van der Waals surface area contributed by atoms with Gasteiger partial charge in [0.25, 0.3) is 0 Å². The van der Waals surface area contributed by atoms with Crippen molar-refractivity contribution in [2.45, 2.75) is 0 Å². The molecule has 0 atom stereocenters. The molecule has 6 aromatic rings. The zero-order chi connectivity index (χ0) is 25.7. The number of para-hydroxylation sites is 2. The van der Waals surface area contributed by atoms with Crippen molar-refractivity contribution in [2.75, 3.05) is 0 Å². The maximum absolute atomic E-state index is 5.99. The van der Waals surface area contributed by atoms with Crippen LogP contribution < -0.4 is 9.47 Å². The minimum atomic E-state index is 0.775. The van der Waals surface area contributed by atoms with Gasteiger partial charge in [-0.2, -0.15) is 0 Å². The van der Waals surface area contributed by atoms with E-state index in [4.69, 9.17) is 14.5 Å². The second kappa shape index (κ2) is 10.9. The fourth-order valence-corrected chi connectivity index (χ4v) is 4.73. The summed E-state index contributed by atoms with van der Waals surface area (Å²) in [4.78, 5) is 8.62. The van der Waals surface area contributed by atoms with Gasteiger partial charge in [0.1, 0.15) is 28.8 Å². The second-order valence-corrected chi connectivity index (χ2v) is 9.94. The van der Waals surface area contributed by atoms with Crippen molar-refractivity contribution < 1.29 is 9.47 Å². The van der Waals surface area contributed by atoms with Gasteiger partial charge in [0, 0.05) is 20.3 Å². The predicted molar refractivity (Wildman–Crippen MR) is 161 cm³/mol. The Labute approximate surface area is 235 Å². The van der Waals surface area contributed by atoms with Crippen LogP contribution in [0.4, 0.5) is 0 Å². The van der Waals surface area contributed by atoms with E-state index in [9.17, 15) is 0 Å². The quantitative estimate of drug-likeness (QED) is 0.184. The van der Waals surface area contributed by atoms with Crippen LogP contribution in [0.15, 0.2) is 133 Å². The zero-order valence-electron chi connectivity index (χ0n) is 20.3. The summed E-state index contributed by atoms with van der Waals surface area (Å²) < 4.78 is 13.1. The topological polar surface area (TPSA) is 47.1 Å². The highest BCUT2D eigenvalue weighted by Gasteiger charge is 2.16. The van der Waals surface area contributed by atoms with Gasteiger partial charge in [0.2, 0.25) is 0 Å². The molecule has 0 aliphatic rings. The summed E-state index contributed by atoms with van der Waals surface area (Å²) in [5, 5.41) is 0. The van der Waals surface area contributed by atoms with E-state index in [1.54, 1.807) is 0 Å². The Balaban J connectivity index is 1.35. The van der Waals surface area contributed by atoms with Gasteiger partial charge < -0.3 is 14.5 Å². The first-order chi connectivity index (χ1) is 18.7. The maximum Gasteiger partial charge on any atom is 0.138 e. The normalized spacial score (nSPS) is 10.8. The number of rotatable bonds is 7. The molecule has 1 heterocycles. The van der Waals surface area contributed by atoms with E-state index < -0.39 is 0 Å². The third-order valence-electron chi connectivity index (χ3n) is 6.03. The molecule has 6 rings (SSSR count). The van der Waals surface area contributed by atoms with Gasteiger partial charge in [-0.3, -0.25) is 0 Å². The Morgan fingerprint density at radius 3 is 1.58 bits per heavy atom. The van der Waals surface area contributed by atoms with Gasteiger partial charge >= 0.3 is 0 Å². The summed E-state index contributed by atoms with van der Waals surface area (Å²) in [6.45, 7) is 0. The summed E-state index contributed by atoms with van der Waals surface area (Å²) in [7, 11) is 0. The molecule has 4 nitrogen and oxygen atoms in total. The van der Waals surface area contributed by atoms with E-state index in [1.807, 2.05) is 103 Å². The number of nitrogens with zero attached hydrogens (tertiary/aromatic N) is 1. The molecular formula is C33H23IN2O2. The van der Waals surface area contributed by atoms with Crippen LogP contribution in [0.2, 0.25) is 0 Å². The average Bonchev–Trinajstić information content (AvgIpc) is 3.41. The average molecular weight is 606 g/mol. The van der Waals surface area contributed by atoms with Gasteiger partial charge in [0.05, 0.1) is 11.4 Å². The van der Waals surface area contributed by atoms with Gasteiger partial charge in [-0.25, -0.2) is 4.98 Å². The summed E-state index contributed by atoms with van der Waals surface area (Å²) in [5.41, 5.74) is 4.88. The lowest BCUT2D eigenvalue weighted by atomic mass is 10.0. The van der Waals surface area contributed by atoms with Crippen molar-refractivity contribution in [3.8, 4) is 56.9 Å². The van der Waals surface area contributed by atoms with Crippen molar-refractivity contribution in [3.05, 3.63) is 137 Å². The number of aromatic amines is 1. The number of aromatic nitrogens is 2. The molecule has 184 valence electrons. The Kier molecular flexibility index (Phi) is 6.91. The first kappa shape index (κ1) is 24.0. The van der Waals surface area contributed by atoms with E-state index >= 15 is 0 Å². The molecule has 5 heteroatoms. The van der Waals surface area contributed by atoms with Crippen LogP contribution in [0, 0.1) is 3.57 Å². The van der Waals surface area contributed by atoms with Crippen LogP contribution in [0.25, 0.3) is 33.9 Å². The fraction of sp³-hybridized carbons (Fsp3) is 0. The van der Waals surface area contributed by atoms with Crippen molar-refractivity contribution >= 4 is 22.6 Å². The molecule has 1 aromatic heterocycles. The third kappa shape index (κ3) is 5.48. The first-order valence-electron chi connectivity index (χ1n) is 12.2. The number of imidazole rings is 1. The van der Waals surface area contributed by atoms with E-state index in [1.165, 1.54) is 0 Å². The van der Waals surface area contributed by atoms with Crippen molar-refractivity contribution in [3.63, 3.8) is 0 Å². The van der Waals surface area contributed by atoms with Crippen molar-refractivity contribution in [1.82, 2.24) is 9.97 Å². The van der Waals surface area contributed by atoms with Gasteiger partial charge in [-0.05, 0) is 108 Å². The Bertz CT molecular complexity index is 1540. The molecule has 0 radical (unpaired) electrons. The van der Waals surface area contributed by atoms with E-state index in [0.717, 1.165) is 60.5 Å². The highest BCUT2D eigenvalue weighted by atomic mass is 127. The lowest BCUT2D eigenvalue weighted by molar-refractivity contribution is 0.482. The second-order valence-electron chi connectivity index (χ2n) is 8.70. The lowest BCUT2D eigenvalue weighted by Crippen LogP contribution is -1.87. The predicted octanol–water partition coefficient (Wildman–Crippen LogP) is 9.60. The lowest BCUT2D eigenvalue weighted by Gasteiger charge is -2.08. The van der Waals surface area contributed by atoms with E-state index in [2.05, 4.69) is 57.9 Å². The highest BCUT2D eigenvalue weighted by molar-refractivity contribution is 14.1. The highest BCUT2D eigenvalue weighted by Crippen LogP contribution is 2.35. The first-order valence-corrected chi connectivity index (χ1v) is 13.3. The van der Waals surface area contributed by atoms with Crippen LogP contribution >= 0.6 is 22.6 Å². The van der Waals surface area contributed by atoms with Gasteiger partial charge in [0.15, 0.2) is 0 Å². The number of hydrogen-bond donors (Lipinski definition) is 1. The third-order valence-corrected chi connectivity index (χ3v) is 6.70. The number of H-pyrrole nitrogens is 1. The SMILES string of the molecule is Ic1cccc(-c2nc(-c3ccc(Oc4ccccc4)cc3)c(-c3ccc(Oc4ccccc4)cc3)[nH]2)c1. The summed E-state index contributed by atoms with van der Waals surface area (Å²) in [6.07, 6.45) is 0. The fourth-order valence-electron chi connectivity index (χ4n) is 4.18. The van der Waals surface area contributed by atoms with Gasteiger partial charge in [-0.15, -0.1) is 0 Å². The minimum absolute atomic E-state index is 0.775. The zero-order valence-corrected chi connectivity index (χ0v) is 22.5. The van der Waals surface area contributed by atoms with Crippen LogP contribution in [0.5, 0.6) is 23.0 Å². The van der Waals surface area contributed by atoms with Crippen molar-refractivity contribution in [2.24, 2.45) is 0 Å². The van der Waals surface area contributed by atoms with Crippen LogP contribution in [-0.2, 0) is 0 Å². The summed E-state index contributed by atoms with van der Waals surface area (Å²) in [5.74, 6) is 3.99. The summed E-state index contributed by atoms with van der Waals surface area (Å²) in [6, 6.07) is 44.0. The molecule has 0 spiro atoms. The van der Waals surface area contributed by atoms with E-state index in [-0.39, 0.29) is 0 Å². The standard InChI is InChI=1S/C33H23IN2O2/c34-26-9-7-8-25(22-26)33-35-31(23-14-18-29(19-15-23)37-27-10-3-1-4-11-27)32(36-33)24-16-20-30(21-17-24)38-28-12-5-2-6-13-28/h1-22H,(H,35,36). The molecule has 1 N–H and O–H groups in total. The smallest absolute Gasteiger partial charge is 0.138 e. The van der Waals surface area contributed by atoms with Crippen molar-refractivity contribution in [1.29, 1.82) is 0 Å². The number of nitrogens with one attached hydrogen (secondary N) is 1. The van der Waals surface area contributed by atoms with Crippen LogP contribution in [0.1, 0.15) is 0 Å². The Morgan fingerprint density at radius 1 is 0.500 bits per heavy atom. The molecule has 5 aromatic carbocycles. The Hall–Kier alpha value is -4.36. The minimum Gasteiger partial charge on any atom is -0.457 e. The molecule has 0 unspecified atom stereocenters. The molecule has 0 aliphatic heterocycles. The van der Waals surface area contributed by atoms with Gasteiger partial charge in [-0.1, -0.05) is 48.5 Å². The van der Waals surface area contributed by atoms with Crippen LogP contribution in [0.3, 0.4) is 0 Å². The number of halogens is 1. The molecule has 0 bridgehead atoms. The maximum atomic E-state index is 5.99. The van der Waals surface area contributed by atoms with Crippen LogP contribution in [-0.4, -0.2) is 9.97 Å². The number of hydrogen-bond acceptors (Lipinski definition) is 3.